The van der Waals surface area contributed by atoms with Crippen LogP contribution >= 0.6 is 0 Å². The number of nitrogens with one attached hydrogen (secondary N) is 1. The molecular formula is C15H18N2O6. The molecule has 8 heteroatoms. The summed E-state index contributed by atoms with van der Waals surface area (Å²) in [7, 11) is 2.95. The largest absolute Gasteiger partial charge is 0.493 e. The molecular weight excluding hydrogens is 304 g/mol. The SMILES string of the molecule is CCC1(c2ccc(OC)c(OC)c2)NC(=O)N(CC(=O)O)C1=O. The van der Waals surface area contributed by atoms with Crippen molar-refractivity contribution in [3.63, 3.8) is 0 Å². The summed E-state index contributed by atoms with van der Waals surface area (Å²) in [5.41, 5.74) is -0.810. The van der Waals surface area contributed by atoms with Gasteiger partial charge in [-0.25, -0.2) is 4.79 Å². The first-order valence-electron chi connectivity index (χ1n) is 6.98. The maximum atomic E-state index is 12.7. The fourth-order valence-electron chi connectivity index (χ4n) is 2.65. The number of methoxy groups -OCH3 is 2. The molecule has 23 heavy (non-hydrogen) atoms. The van der Waals surface area contributed by atoms with E-state index in [2.05, 4.69) is 5.32 Å². The van der Waals surface area contributed by atoms with E-state index in [0.717, 1.165) is 0 Å². The molecule has 124 valence electrons. The number of urea groups is 1. The predicted octanol–water partition coefficient (Wildman–Crippen LogP) is 0.945. The van der Waals surface area contributed by atoms with Crippen molar-refractivity contribution in [3.8, 4) is 11.5 Å². The summed E-state index contributed by atoms with van der Waals surface area (Å²) in [5, 5.41) is 11.5. The van der Waals surface area contributed by atoms with Gasteiger partial charge in [-0.1, -0.05) is 13.0 Å². The second-order valence-electron chi connectivity index (χ2n) is 5.04. The lowest BCUT2D eigenvalue weighted by molar-refractivity contribution is -0.143. The molecule has 1 heterocycles. The predicted molar refractivity (Wildman–Crippen MR) is 79.4 cm³/mol. The van der Waals surface area contributed by atoms with Crippen LogP contribution in [0.15, 0.2) is 18.2 Å². The van der Waals surface area contributed by atoms with Crippen LogP contribution in [0.1, 0.15) is 18.9 Å². The molecule has 1 aliphatic heterocycles. The first-order valence-corrected chi connectivity index (χ1v) is 6.98. The van der Waals surface area contributed by atoms with Crippen molar-refractivity contribution in [1.82, 2.24) is 10.2 Å². The Hall–Kier alpha value is -2.77. The van der Waals surface area contributed by atoms with Crippen LogP contribution in [0.5, 0.6) is 11.5 Å². The number of ether oxygens (including phenoxy) is 2. The van der Waals surface area contributed by atoms with Gasteiger partial charge in [0.1, 0.15) is 12.1 Å². The maximum absolute atomic E-state index is 12.7. The molecule has 0 radical (unpaired) electrons. The van der Waals surface area contributed by atoms with E-state index < -0.39 is 30.0 Å². The summed E-state index contributed by atoms with van der Waals surface area (Å²) in [6.45, 7) is 1.05. The van der Waals surface area contributed by atoms with Crippen LogP contribution in [0.25, 0.3) is 0 Å². The van der Waals surface area contributed by atoms with Gasteiger partial charge >= 0.3 is 12.0 Å². The Kier molecular flexibility index (Phi) is 4.44. The maximum Gasteiger partial charge on any atom is 0.325 e. The highest BCUT2D eigenvalue weighted by Crippen LogP contribution is 2.37. The van der Waals surface area contributed by atoms with Crippen LogP contribution in [0.4, 0.5) is 4.79 Å². The van der Waals surface area contributed by atoms with Gasteiger partial charge in [0.25, 0.3) is 5.91 Å². The highest BCUT2D eigenvalue weighted by molar-refractivity contribution is 6.09. The van der Waals surface area contributed by atoms with Gasteiger partial charge in [0.2, 0.25) is 0 Å². The zero-order valence-electron chi connectivity index (χ0n) is 13.1. The molecule has 1 aromatic carbocycles. The fraction of sp³-hybridized carbons (Fsp3) is 0.400. The van der Waals surface area contributed by atoms with E-state index in [9.17, 15) is 14.4 Å². The van der Waals surface area contributed by atoms with E-state index in [1.54, 1.807) is 25.1 Å². The average Bonchev–Trinajstić information content (AvgIpc) is 2.78. The van der Waals surface area contributed by atoms with Crippen molar-refractivity contribution < 1.29 is 29.0 Å². The Labute approximate surface area is 133 Å². The fourth-order valence-corrected chi connectivity index (χ4v) is 2.65. The first-order chi connectivity index (χ1) is 10.9. The molecule has 1 aliphatic rings. The normalized spacial score (nSPS) is 20.4. The number of hydrogen-bond donors (Lipinski definition) is 2. The molecule has 0 bridgehead atoms. The highest BCUT2D eigenvalue weighted by Gasteiger charge is 2.51. The summed E-state index contributed by atoms with van der Waals surface area (Å²) in [5.74, 6) is -0.953. The summed E-state index contributed by atoms with van der Waals surface area (Å²) in [4.78, 5) is 36.2. The van der Waals surface area contributed by atoms with Crippen molar-refractivity contribution in [2.24, 2.45) is 0 Å². The molecule has 1 atom stereocenters. The lowest BCUT2D eigenvalue weighted by Crippen LogP contribution is -2.43. The molecule has 2 N–H and O–H groups in total. The number of carbonyl (C=O) groups excluding carboxylic acids is 2. The number of imide groups is 1. The molecule has 8 nitrogen and oxygen atoms in total. The number of carboxylic acids is 1. The van der Waals surface area contributed by atoms with E-state index in [1.165, 1.54) is 14.2 Å². The number of carbonyl (C=O) groups is 3. The monoisotopic (exact) mass is 322 g/mol. The first kappa shape index (κ1) is 16.6. The van der Waals surface area contributed by atoms with E-state index >= 15 is 0 Å². The number of amides is 3. The second-order valence-corrected chi connectivity index (χ2v) is 5.04. The Morgan fingerprint density at radius 2 is 1.91 bits per heavy atom. The number of benzene rings is 1. The smallest absolute Gasteiger partial charge is 0.325 e. The minimum absolute atomic E-state index is 0.267. The van der Waals surface area contributed by atoms with Crippen molar-refractivity contribution in [2.45, 2.75) is 18.9 Å². The quantitative estimate of drug-likeness (QED) is 0.755. The van der Waals surface area contributed by atoms with Crippen LogP contribution in [-0.4, -0.2) is 48.7 Å². The van der Waals surface area contributed by atoms with Crippen LogP contribution < -0.4 is 14.8 Å². The third kappa shape index (κ3) is 2.67. The van der Waals surface area contributed by atoms with E-state index in [1.807, 2.05) is 0 Å². The third-order valence-electron chi connectivity index (χ3n) is 3.88. The number of nitrogens with zero attached hydrogens (tertiary/aromatic N) is 1. The van der Waals surface area contributed by atoms with Crippen LogP contribution in [0, 0.1) is 0 Å². The lowest BCUT2D eigenvalue weighted by Gasteiger charge is -2.26. The Morgan fingerprint density at radius 3 is 2.43 bits per heavy atom. The average molecular weight is 322 g/mol. The Balaban J connectivity index is 2.48. The van der Waals surface area contributed by atoms with Gasteiger partial charge < -0.3 is 19.9 Å². The van der Waals surface area contributed by atoms with Crippen LogP contribution in [-0.2, 0) is 15.1 Å². The van der Waals surface area contributed by atoms with Crippen molar-refractivity contribution in [2.75, 3.05) is 20.8 Å². The Morgan fingerprint density at radius 1 is 1.26 bits per heavy atom. The number of carboxylic acid groups (broad SMARTS) is 1. The van der Waals surface area contributed by atoms with Crippen molar-refractivity contribution in [3.05, 3.63) is 23.8 Å². The molecule has 0 spiro atoms. The van der Waals surface area contributed by atoms with Gasteiger partial charge in [-0.15, -0.1) is 0 Å². The molecule has 1 fully saturated rings. The van der Waals surface area contributed by atoms with Crippen molar-refractivity contribution >= 4 is 17.9 Å². The number of hydrogen-bond acceptors (Lipinski definition) is 5. The Bertz CT molecular complexity index is 659. The molecule has 0 saturated carbocycles. The molecule has 0 aromatic heterocycles. The van der Waals surface area contributed by atoms with Crippen molar-refractivity contribution in [1.29, 1.82) is 0 Å². The van der Waals surface area contributed by atoms with Gasteiger partial charge in [-0.2, -0.15) is 0 Å². The molecule has 3 amide bonds. The molecule has 1 saturated heterocycles. The zero-order chi connectivity index (χ0) is 17.2. The van der Waals surface area contributed by atoms with Crippen LogP contribution in [0.3, 0.4) is 0 Å². The van der Waals surface area contributed by atoms with Gasteiger partial charge in [0.05, 0.1) is 14.2 Å². The van der Waals surface area contributed by atoms with E-state index in [-0.39, 0.29) is 6.42 Å². The van der Waals surface area contributed by atoms with Gasteiger partial charge in [0.15, 0.2) is 11.5 Å². The van der Waals surface area contributed by atoms with Gasteiger partial charge in [-0.3, -0.25) is 14.5 Å². The second kappa shape index (κ2) is 6.15. The standard InChI is InChI=1S/C15H18N2O6/c1-4-15(9-5-6-10(22-2)11(7-9)23-3)13(20)17(8-12(18)19)14(21)16-15/h5-7H,4,8H2,1-3H3,(H,16,21)(H,18,19). The zero-order valence-corrected chi connectivity index (χ0v) is 13.1. The van der Waals surface area contributed by atoms with E-state index in [4.69, 9.17) is 14.6 Å². The summed E-state index contributed by atoms with van der Waals surface area (Å²) in [6, 6.07) is 4.15. The molecule has 0 aliphatic carbocycles. The van der Waals surface area contributed by atoms with Gasteiger partial charge in [-0.05, 0) is 24.1 Å². The summed E-state index contributed by atoms with van der Waals surface area (Å²) < 4.78 is 10.4. The number of rotatable bonds is 6. The molecule has 1 aromatic rings. The van der Waals surface area contributed by atoms with E-state index in [0.29, 0.717) is 22.0 Å². The highest BCUT2D eigenvalue weighted by atomic mass is 16.5. The topological polar surface area (TPSA) is 105 Å². The van der Waals surface area contributed by atoms with Crippen LogP contribution in [0.2, 0.25) is 0 Å². The summed E-state index contributed by atoms with van der Waals surface area (Å²) in [6.07, 6.45) is 0.267. The third-order valence-corrected chi connectivity index (χ3v) is 3.88. The summed E-state index contributed by atoms with van der Waals surface area (Å²) >= 11 is 0. The number of aliphatic carboxylic acids is 1. The van der Waals surface area contributed by atoms with Gasteiger partial charge in [0, 0.05) is 0 Å². The minimum atomic E-state index is -1.31. The molecule has 2 rings (SSSR count). The lowest BCUT2D eigenvalue weighted by atomic mass is 9.87. The molecule has 1 unspecified atom stereocenters. The minimum Gasteiger partial charge on any atom is -0.493 e.